The summed E-state index contributed by atoms with van der Waals surface area (Å²) in [5, 5.41) is 7.61. The van der Waals surface area contributed by atoms with E-state index in [0.29, 0.717) is 0 Å². The van der Waals surface area contributed by atoms with Gasteiger partial charge in [0.05, 0.1) is 11.9 Å². The Labute approximate surface area is 114 Å². The van der Waals surface area contributed by atoms with Crippen LogP contribution in [0.2, 0.25) is 0 Å². The van der Waals surface area contributed by atoms with Crippen LogP contribution in [0.1, 0.15) is 32.3 Å². The Morgan fingerprint density at radius 3 is 2.68 bits per heavy atom. The average Bonchev–Trinajstić information content (AvgIpc) is 2.84. The molecule has 0 fully saturated rings. The maximum atomic E-state index is 4.45. The second-order valence-electron chi connectivity index (χ2n) is 4.63. The van der Waals surface area contributed by atoms with E-state index < -0.39 is 0 Å². The first kappa shape index (κ1) is 13.5. The fraction of sp³-hybridized carbons (Fsp3) is 0.500. The first-order valence-corrected chi connectivity index (χ1v) is 6.83. The molecule has 102 valence electrons. The van der Waals surface area contributed by atoms with Crippen molar-refractivity contribution in [2.75, 3.05) is 11.9 Å². The van der Waals surface area contributed by atoms with Crippen LogP contribution < -0.4 is 5.32 Å². The molecule has 2 aromatic heterocycles. The lowest BCUT2D eigenvalue weighted by atomic mass is 10.1. The fourth-order valence-corrected chi connectivity index (χ4v) is 2.09. The Bertz CT molecular complexity index is 532. The SMILES string of the molecule is CCCNc1ncnc(-c2cnn(C)c2)c1CCC. The lowest BCUT2D eigenvalue weighted by Crippen LogP contribution is -2.07. The molecule has 0 saturated heterocycles. The van der Waals surface area contributed by atoms with Crippen molar-refractivity contribution in [1.82, 2.24) is 19.7 Å². The number of nitrogens with one attached hydrogen (secondary N) is 1. The van der Waals surface area contributed by atoms with Gasteiger partial charge in [-0.15, -0.1) is 0 Å². The number of aromatic nitrogens is 4. The van der Waals surface area contributed by atoms with E-state index >= 15 is 0 Å². The van der Waals surface area contributed by atoms with Crippen LogP contribution in [0.3, 0.4) is 0 Å². The molecule has 0 aliphatic carbocycles. The zero-order valence-corrected chi connectivity index (χ0v) is 11.8. The van der Waals surface area contributed by atoms with E-state index in [1.54, 1.807) is 11.0 Å². The van der Waals surface area contributed by atoms with Gasteiger partial charge in [-0.1, -0.05) is 20.3 Å². The molecule has 0 aromatic carbocycles. The predicted octanol–water partition coefficient (Wildman–Crippen LogP) is 2.65. The van der Waals surface area contributed by atoms with Gasteiger partial charge in [0.25, 0.3) is 0 Å². The van der Waals surface area contributed by atoms with Crippen LogP contribution in [0.15, 0.2) is 18.7 Å². The number of hydrogen-bond acceptors (Lipinski definition) is 4. The van der Waals surface area contributed by atoms with Crippen molar-refractivity contribution < 1.29 is 0 Å². The number of nitrogens with zero attached hydrogens (tertiary/aromatic N) is 4. The molecule has 2 heterocycles. The molecule has 0 amide bonds. The number of hydrogen-bond donors (Lipinski definition) is 1. The van der Waals surface area contributed by atoms with Gasteiger partial charge in [0.15, 0.2) is 0 Å². The molecule has 1 N–H and O–H groups in total. The van der Waals surface area contributed by atoms with Gasteiger partial charge < -0.3 is 5.32 Å². The predicted molar refractivity (Wildman–Crippen MR) is 77.0 cm³/mol. The third-order valence-electron chi connectivity index (χ3n) is 2.97. The molecule has 19 heavy (non-hydrogen) atoms. The molecule has 0 aliphatic rings. The zero-order chi connectivity index (χ0) is 13.7. The van der Waals surface area contributed by atoms with Gasteiger partial charge in [0.1, 0.15) is 12.1 Å². The quantitative estimate of drug-likeness (QED) is 0.866. The normalized spacial score (nSPS) is 10.7. The highest BCUT2D eigenvalue weighted by atomic mass is 15.2. The highest BCUT2D eigenvalue weighted by molar-refractivity contribution is 5.67. The van der Waals surface area contributed by atoms with E-state index in [-0.39, 0.29) is 0 Å². The molecule has 2 rings (SSSR count). The molecule has 5 heteroatoms. The molecular weight excluding hydrogens is 238 g/mol. The Morgan fingerprint density at radius 2 is 2.05 bits per heavy atom. The Kier molecular flexibility index (Phi) is 4.49. The van der Waals surface area contributed by atoms with Crippen molar-refractivity contribution >= 4 is 5.82 Å². The number of aryl methyl sites for hydroxylation is 1. The van der Waals surface area contributed by atoms with Gasteiger partial charge >= 0.3 is 0 Å². The van der Waals surface area contributed by atoms with Crippen molar-refractivity contribution in [3.05, 3.63) is 24.3 Å². The monoisotopic (exact) mass is 259 g/mol. The van der Waals surface area contributed by atoms with E-state index in [1.165, 1.54) is 5.56 Å². The van der Waals surface area contributed by atoms with Crippen molar-refractivity contribution in [2.24, 2.45) is 7.05 Å². The van der Waals surface area contributed by atoms with Gasteiger partial charge in [0, 0.05) is 30.9 Å². The summed E-state index contributed by atoms with van der Waals surface area (Å²) in [7, 11) is 1.92. The summed E-state index contributed by atoms with van der Waals surface area (Å²) in [6.07, 6.45) is 8.59. The van der Waals surface area contributed by atoms with Crippen molar-refractivity contribution in [3.8, 4) is 11.3 Å². The van der Waals surface area contributed by atoms with Gasteiger partial charge in [-0.25, -0.2) is 9.97 Å². The van der Waals surface area contributed by atoms with E-state index in [1.807, 2.05) is 19.4 Å². The molecular formula is C14H21N5. The van der Waals surface area contributed by atoms with E-state index in [0.717, 1.165) is 42.9 Å². The molecule has 0 atom stereocenters. The van der Waals surface area contributed by atoms with Crippen molar-refractivity contribution in [2.45, 2.75) is 33.1 Å². The van der Waals surface area contributed by atoms with Crippen LogP contribution in [-0.4, -0.2) is 26.3 Å². The molecule has 0 spiro atoms. The minimum absolute atomic E-state index is 0.931. The minimum Gasteiger partial charge on any atom is -0.370 e. The summed E-state index contributed by atoms with van der Waals surface area (Å²) in [6, 6.07) is 0. The lowest BCUT2D eigenvalue weighted by Gasteiger charge is -2.12. The standard InChI is InChI=1S/C14H21N5/c1-4-6-12-13(11-8-18-19(3)9-11)16-10-17-14(12)15-7-5-2/h8-10H,4-7H2,1-3H3,(H,15,16,17). The molecule has 0 aliphatic heterocycles. The summed E-state index contributed by atoms with van der Waals surface area (Å²) in [5.41, 5.74) is 3.22. The molecule has 0 saturated carbocycles. The smallest absolute Gasteiger partial charge is 0.133 e. The largest absolute Gasteiger partial charge is 0.370 e. The van der Waals surface area contributed by atoms with Gasteiger partial charge in [-0.2, -0.15) is 5.10 Å². The number of anilines is 1. The maximum Gasteiger partial charge on any atom is 0.133 e. The second-order valence-corrected chi connectivity index (χ2v) is 4.63. The summed E-state index contributed by atoms with van der Waals surface area (Å²) >= 11 is 0. The topological polar surface area (TPSA) is 55.6 Å². The van der Waals surface area contributed by atoms with Crippen LogP contribution in [0.5, 0.6) is 0 Å². The number of rotatable bonds is 6. The molecule has 5 nitrogen and oxygen atoms in total. The van der Waals surface area contributed by atoms with Gasteiger partial charge in [-0.3, -0.25) is 4.68 Å². The van der Waals surface area contributed by atoms with Crippen LogP contribution >= 0.6 is 0 Å². The summed E-state index contributed by atoms with van der Waals surface area (Å²) < 4.78 is 1.80. The van der Waals surface area contributed by atoms with Crippen LogP contribution in [0.4, 0.5) is 5.82 Å². The Morgan fingerprint density at radius 1 is 1.21 bits per heavy atom. The Balaban J connectivity index is 2.41. The second kappa shape index (κ2) is 6.31. The fourth-order valence-electron chi connectivity index (χ4n) is 2.09. The van der Waals surface area contributed by atoms with E-state index in [2.05, 4.69) is 34.2 Å². The highest BCUT2D eigenvalue weighted by Crippen LogP contribution is 2.26. The van der Waals surface area contributed by atoms with E-state index in [4.69, 9.17) is 0 Å². The molecule has 0 bridgehead atoms. The zero-order valence-electron chi connectivity index (χ0n) is 11.8. The third-order valence-corrected chi connectivity index (χ3v) is 2.97. The Hall–Kier alpha value is -1.91. The highest BCUT2D eigenvalue weighted by Gasteiger charge is 2.13. The minimum atomic E-state index is 0.931. The first-order valence-electron chi connectivity index (χ1n) is 6.83. The molecule has 0 unspecified atom stereocenters. The molecule has 0 radical (unpaired) electrons. The van der Waals surface area contributed by atoms with E-state index in [9.17, 15) is 0 Å². The third kappa shape index (κ3) is 3.10. The summed E-state index contributed by atoms with van der Waals surface area (Å²) in [4.78, 5) is 8.82. The van der Waals surface area contributed by atoms with Crippen molar-refractivity contribution in [3.63, 3.8) is 0 Å². The van der Waals surface area contributed by atoms with Crippen LogP contribution in [0.25, 0.3) is 11.3 Å². The van der Waals surface area contributed by atoms with Crippen molar-refractivity contribution in [1.29, 1.82) is 0 Å². The lowest BCUT2D eigenvalue weighted by molar-refractivity contribution is 0.768. The summed E-state index contributed by atoms with van der Waals surface area (Å²) in [6.45, 7) is 5.25. The molecule has 2 aromatic rings. The maximum absolute atomic E-state index is 4.45. The average molecular weight is 259 g/mol. The van der Waals surface area contributed by atoms with Crippen LogP contribution in [0, 0.1) is 0 Å². The van der Waals surface area contributed by atoms with Crippen LogP contribution in [-0.2, 0) is 13.5 Å². The van der Waals surface area contributed by atoms with Gasteiger partial charge in [-0.05, 0) is 12.8 Å². The summed E-state index contributed by atoms with van der Waals surface area (Å²) in [5.74, 6) is 0.956. The first-order chi connectivity index (χ1) is 9.26. The van der Waals surface area contributed by atoms with Gasteiger partial charge in [0.2, 0.25) is 0 Å².